The Kier molecular flexibility index (Phi) is 43.1. The second-order valence-electron chi connectivity index (χ2n) is 9.90. The minimum absolute atomic E-state index is 0.525. The van der Waals surface area contributed by atoms with Gasteiger partial charge < -0.3 is 52.1 Å². The molecule has 0 fully saturated rings. The van der Waals surface area contributed by atoms with Crippen molar-refractivity contribution in [3.8, 4) is 0 Å². The molecule has 0 rings (SSSR count). The van der Waals surface area contributed by atoms with Crippen LogP contribution >= 0.6 is 15.9 Å². The zero-order valence-corrected chi connectivity index (χ0v) is 29.4. The van der Waals surface area contributed by atoms with Crippen molar-refractivity contribution in [2.45, 2.75) is 58.3 Å². The predicted octanol–water partition coefficient (Wildman–Crippen LogP) is 4.70. The Balaban J connectivity index is 3.03. The number of ether oxygens (including phenoxy) is 11. The van der Waals surface area contributed by atoms with Crippen LogP contribution in [0.4, 0.5) is 0 Å². The van der Waals surface area contributed by atoms with Crippen LogP contribution in [-0.4, -0.2) is 151 Å². The van der Waals surface area contributed by atoms with Gasteiger partial charge in [-0.05, 0) is 6.42 Å². The third kappa shape index (κ3) is 42.0. The average molecular weight is 706 g/mol. The van der Waals surface area contributed by atoms with E-state index in [-0.39, 0.29) is 0 Å². The van der Waals surface area contributed by atoms with Crippen LogP contribution in [0.3, 0.4) is 0 Å². The molecule has 0 unspecified atom stereocenters. The van der Waals surface area contributed by atoms with Crippen molar-refractivity contribution < 1.29 is 52.1 Å². The maximum absolute atomic E-state index is 5.62. The highest BCUT2D eigenvalue weighted by molar-refractivity contribution is 9.09. The Morgan fingerprint density at radius 2 is 0.455 bits per heavy atom. The molecule has 0 saturated carbocycles. The Hall–Kier alpha value is 0.0400. The molecule has 0 aliphatic carbocycles. The largest absolute Gasteiger partial charge is 0.379 e. The molecule has 0 spiro atoms. The normalized spacial score (nSPS) is 11.6. The van der Waals surface area contributed by atoms with E-state index in [1.807, 2.05) is 0 Å². The SMILES string of the molecule is CCCCCCCCCCOCCOCCOCCOCCOCCOCCOCCOCCOCCOCCOCCBr. The zero-order chi connectivity index (χ0) is 31.7. The first-order valence-electron chi connectivity index (χ1n) is 16.8. The van der Waals surface area contributed by atoms with E-state index in [2.05, 4.69) is 22.9 Å². The molecule has 0 aliphatic heterocycles. The van der Waals surface area contributed by atoms with Crippen molar-refractivity contribution in [3.05, 3.63) is 0 Å². The van der Waals surface area contributed by atoms with E-state index in [4.69, 9.17) is 52.1 Å². The lowest BCUT2D eigenvalue weighted by molar-refractivity contribution is -0.0274. The highest BCUT2D eigenvalue weighted by Gasteiger charge is 1.97. The topological polar surface area (TPSA) is 102 Å². The fourth-order valence-electron chi connectivity index (χ4n) is 3.69. The minimum atomic E-state index is 0.525. The van der Waals surface area contributed by atoms with E-state index >= 15 is 0 Å². The van der Waals surface area contributed by atoms with Crippen LogP contribution in [0.15, 0.2) is 0 Å². The Morgan fingerprint density at radius 1 is 0.250 bits per heavy atom. The van der Waals surface area contributed by atoms with E-state index in [0.29, 0.717) is 139 Å². The number of alkyl halides is 1. The second-order valence-corrected chi connectivity index (χ2v) is 10.7. The first-order valence-corrected chi connectivity index (χ1v) is 17.9. The molecule has 0 aromatic heterocycles. The molecule has 0 amide bonds. The Labute approximate surface area is 276 Å². The molecule has 0 saturated heterocycles. The summed E-state index contributed by atoms with van der Waals surface area (Å²) in [5.41, 5.74) is 0. The molecule has 0 aromatic rings. The van der Waals surface area contributed by atoms with Gasteiger partial charge in [-0.2, -0.15) is 0 Å². The van der Waals surface area contributed by atoms with Crippen LogP contribution in [0.25, 0.3) is 0 Å². The first-order chi connectivity index (χ1) is 21.9. The van der Waals surface area contributed by atoms with Gasteiger partial charge in [0.25, 0.3) is 0 Å². The van der Waals surface area contributed by atoms with Crippen LogP contribution in [-0.2, 0) is 52.1 Å². The maximum Gasteiger partial charge on any atom is 0.0701 e. The summed E-state index contributed by atoms with van der Waals surface area (Å²) in [5.74, 6) is 0. The molecule has 44 heavy (non-hydrogen) atoms. The van der Waals surface area contributed by atoms with Gasteiger partial charge >= 0.3 is 0 Å². The molecule has 0 atom stereocenters. The monoisotopic (exact) mass is 704 g/mol. The van der Waals surface area contributed by atoms with Crippen molar-refractivity contribution in [3.63, 3.8) is 0 Å². The molecule has 12 heteroatoms. The van der Waals surface area contributed by atoms with Gasteiger partial charge in [-0.15, -0.1) is 0 Å². The van der Waals surface area contributed by atoms with Crippen LogP contribution in [0.5, 0.6) is 0 Å². The molecule has 0 radical (unpaired) electrons. The fraction of sp³-hybridized carbons (Fsp3) is 1.00. The number of halogens is 1. The van der Waals surface area contributed by atoms with Crippen molar-refractivity contribution in [1.29, 1.82) is 0 Å². The zero-order valence-electron chi connectivity index (χ0n) is 27.8. The van der Waals surface area contributed by atoms with E-state index in [1.54, 1.807) is 0 Å². The average Bonchev–Trinajstić information content (AvgIpc) is 3.04. The second kappa shape index (κ2) is 43.0. The fourth-order valence-corrected chi connectivity index (χ4v) is 3.92. The lowest BCUT2D eigenvalue weighted by atomic mass is 10.1. The van der Waals surface area contributed by atoms with E-state index in [9.17, 15) is 0 Å². The van der Waals surface area contributed by atoms with Crippen molar-refractivity contribution in [1.82, 2.24) is 0 Å². The maximum atomic E-state index is 5.62. The molecule has 0 aliphatic rings. The van der Waals surface area contributed by atoms with Gasteiger partial charge in [-0.1, -0.05) is 67.8 Å². The molecule has 0 heterocycles. The van der Waals surface area contributed by atoms with Gasteiger partial charge in [0.2, 0.25) is 0 Å². The standard InChI is InChI=1S/C32H65BrO11/c1-2-3-4-5-6-7-8-9-11-34-13-15-36-17-19-38-21-23-40-25-27-42-29-31-44-32-30-43-28-26-41-24-22-39-20-18-37-16-14-35-12-10-33/h2-32H2,1H3. The van der Waals surface area contributed by atoms with E-state index in [1.165, 1.54) is 44.9 Å². The van der Waals surface area contributed by atoms with Crippen LogP contribution in [0.1, 0.15) is 58.3 Å². The van der Waals surface area contributed by atoms with Gasteiger partial charge in [0.1, 0.15) is 0 Å². The van der Waals surface area contributed by atoms with Gasteiger partial charge in [0.05, 0.1) is 139 Å². The molecule has 0 aromatic carbocycles. The van der Waals surface area contributed by atoms with Crippen LogP contribution in [0.2, 0.25) is 0 Å². The summed E-state index contributed by atoms with van der Waals surface area (Å²) in [7, 11) is 0. The summed E-state index contributed by atoms with van der Waals surface area (Å²) in [5, 5.41) is 0.841. The number of hydrogen-bond acceptors (Lipinski definition) is 11. The summed E-state index contributed by atoms with van der Waals surface area (Å²) in [6.45, 7) is 14.9. The summed E-state index contributed by atoms with van der Waals surface area (Å²) in [6, 6.07) is 0. The smallest absolute Gasteiger partial charge is 0.0701 e. The Morgan fingerprint density at radius 3 is 0.705 bits per heavy atom. The molecule has 266 valence electrons. The summed E-state index contributed by atoms with van der Waals surface area (Å²) >= 11 is 3.30. The summed E-state index contributed by atoms with van der Waals surface area (Å²) in [6.07, 6.45) is 10.5. The Bertz CT molecular complexity index is 453. The van der Waals surface area contributed by atoms with Crippen molar-refractivity contribution in [2.75, 3.05) is 151 Å². The molecular weight excluding hydrogens is 640 g/mol. The van der Waals surface area contributed by atoms with Gasteiger partial charge in [0, 0.05) is 11.9 Å². The van der Waals surface area contributed by atoms with E-state index in [0.717, 1.165) is 18.4 Å². The van der Waals surface area contributed by atoms with Gasteiger partial charge in [-0.25, -0.2) is 0 Å². The summed E-state index contributed by atoms with van der Waals surface area (Å²) in [4.78, 5) is 0. The molecule has 0 bridgehead atoms. The third-order valence-corrected chi connectivity index (χ3v) is 6.41. The lowest BCUT2D eigenvalue weighted by Crippen LogP contribution is -2.15. The molecular formula is C32H65BrO11. The first kappa shape index (κ1) is 44.0. The highest BCUT2D eigenvalue weighted by atomic mass is 79.9. The van der Waals surface area contributed by atoms with E-state index < -0.39 is 0 Å². The summed E-state index contributed by atoms with van der Waals surface area (Å²) < 4.78 is 60.2. The number of hydrogen-bond donors (Lipinski definition) is 0. The van der Waals surface area contributed by atoms with Gasteiger partial charge in [0.15, 0.2) is 0 Å². The van der Waals surface area contributed by atoms with Gasteiger partial charge in [-0.3, -0.25) is 0 Å². The lowest BCUT2D eigenvalue weighted by Gasteiger charge is -2.09. The minimum Gasteiger partial charge on any atom is -0.379 e. The van der Waals surface area contributed by atoms with Crippen molar-refractivity contribution in [2.24, 2.45) is 0 Å². The predicted molar refractivity (Wildman–Crippen MR) is 175 cm³/mol. The number of rotatable bonds is 41. The third-order valence-electron chi connectivity index (χ3n) is 6.08. The quantitative estimate of drug-likeness (QED) is 0.0654. The molecule has 0 N–H and O–H groups in total. The van der Waals surface area contributed by atoms with Crippen LogP contribution in [0, 0.1) is 0 Å². The van der Waals surface area contributed by atoms with Crippen LogP contribution < -0.4 is 0 Å². The number of unbranched alkanes of at least 4 members (excludes halogenated alkanes) is 7. The van der Waals surface area contributed by atoms with Crippen molar-refractivity contribution >= 4 is 15.9 Å². The molecule has 11 nitrogen and oxygen atoms in total. The highest BCUT2D eigenvalue weighted by Crippen LogP contribution is 2.08.